The number of likely N-dealkylation sites (tertiary alicyclic amines) is 1. The van der Waals surface area contributed by atoms with Crippen molar-refractivity contribution in [3.63, 3.8) is 0 Å². The number of nitrogens with zero attached hydrogens (tertiary/aromatic N) is 3. The van der Waals surface area contributed by atoms with Gasteiger partial charge in [-0.05, 0) is 26.7 Å². The van der Waals surface area contributed by atoms with Gasteiger partial charge >= 0.3 is 0 Å². The third kappa shape index (κ3) is 3.49. The van der Waals surface area contributed by atoms with Crippen molar-refractivity contribution < 1.29 is 14.3 Å². The summed E-state index contributed by atoms with van der Waals surface area (Å²) in [5.74, 6) is 0.254. The molecule has 7 heteroatoms. The number of carbonyl (C=O) groups excluding carboxylic acids is 2. The summed E-state index contributed by atoms with van der Waals surface area (Å²) in [7, 11) is 0. The second-order valence-electron chi connectivity index (χ2n) is 8.88. The molecule has 3 atom stereocenters. The van der Waals surface area contributed by atoms with E-state index in [1.807, 2.05) is 37.5 Å². The molecular weight excluding hydrogens is 344 g/mol. The van der Waals surface area contributed by atoms with Gasteiger partial charge in [0.05, 0.1) is 12.1 Å². The van der Waals surface area contributed by atoms with Gasteiger partial charge in [-0.2, -0.15) is 0 Å². The van der Waals surface area contributed by atoms with Crippen molar-refractivity contribution in [2.24, 2.45) is 11.1 Å². The Hall–Kier alpha value is -1.18. The summed E-state index contributed by atoms with van der Waals surface area (Å²) >= 11 is 0. The number of rotatable bonds is 5. The van der Waals surface area contributed by atoms with E-state index >= 15 is 0 Å². The van der Waals surface area contributed by atoms with Crippen molar-refractivity contribution in [3.05, 3.63) is 0 Å². The molecule has 3 unspecified atom stereocenters. The van der Waals surface area contributed by atoms with E-state index in [0.717, 1.165) is 39.0 Å². The van der Waals surface area contributed by atoms with Gasteiger partial charge in [-0.15, -0.1) is 0 Å². The van der Waals surface area contributed by atoms with Crippen molar-refractivity contribution in [2.75, 3.05) is 45.9 Å². The number of hydrogen-bond donors (Lipinski definition) is 1. The molecule has 0 radical (unpaired) electrons. The highest BCUT2D eigenvalue weighted by Crippen LogP contribution is 2.50. The maximum absolute atomic E-state index is 13.1. The number of amides is 2. The van der Waals surface area contributed by atoms with Crippen LogP contribution in [0.15, 0.2) is 0 Å². The van der Waals surface area contributed by atoms with E-state index in [1.54, 1.807) is 0 Å². The van der Waals surface area contributed by atoms with Crippen LogP contribution in [0.25, 0.3) is 0 Å². The van der Waals surface area contributed by atoms with Crippen molar-refractivity contribution in [2.45, 2.75) is 64.6 Å². The van der Waals surface area contributed by atoms with Gasteiger partial charge in [0.1, 0.15) is 5.54 Å². The van der Waals surface area contributed by atoms with Crippen molar-refractivity contribution in [1.82, 2.24) is 14.7 Å². The molecule has 3 rings (SSSR count). The maximum atomic E-state index is 13.1. The minimum Gasteiger partial charge on any atom is -0.378 e. The van der Waals surface area contributed by atoms with Gasteiger partial charge < -0.3 is 20.3 Å². The van der Waals surface area contributed by atoms with Crippen LogP contribution in [0.3, 0.4) is 0 Å². The first-order chi connectivity index (χ1) is 12.7. The molecule has 0 aromatic carbocycles. The summed E-state index contributed by atoms with van der Waals surface area (Å²) in [4.78, 5) is 31.8. The maximum Gasteiger partial charge on any atom is 0.243 e. The molecule has 2 aliphatic heterocycles. The summed E-state index contributed by atoms with van der Waals surface area (Å²) in [6.07, 6.45) is 2.84. The summed E-state index contributed by atoms with van der Waals surface area (Å²) in [5.41, 5.74) is 5.34. The quantitative estimate of drug-likeness (QED) is 0.759. The van der Waals surface area contributed by atoms with Gasteiger partial charge in [0, 0.05) is 57.7 Å². The lowest BCUT2D eigenvalue weighted by Crippen LogP contribution is -2.76. The summed E-state index contributed by atoms with van der Waals surface area (Å²) in [6, 6.07) is -0.116. The van der Waals surface area contributed by atoms with Crippen LogP contribution >= 0.6 is 0 Å². The summed E-state index contributed by atoms with van der Waals surface area (Å²) in [5, 5.41) is 0. The topological polar surface area (TPSA) is 79.1 Å². The second kappa shape index (κ2) is 7.68. The van der Waals surface area contributed by atoms with Gasteiger partial charge in [-0.3, -0.25) is 14.5 Å². The fourth-order valence-electron chi connectivity index (χ4n) is 4.75. The van der Waals surface area contributed by atoms with Gasteiger partial charge in [-0.1, -0.05) is 13.8 Å². The molecule has 2 heterocycles. The fraction of sp³-hybridized carbons (Fsp3) is 0.900. The number of piperazine rings is 1. The largest absolute Gasteiger partial charge is 0.378 e. The minimum atomic E-state index is -0.855. The molecule has 2 N–H and O–H groups in total. The molecule has 27 heavy (non-hydrogen) atoms. The Morgan fingerprint density at radius 1 is 1.07 bits per heavy atom. The Balaban J connectivity index is 1.54. The van der Waals surface area contributed by atoms with E-state index in [9.17, 15) is 9.59 Å². The van der Waals surface area contributed by atoms with Crippen LogP contribution in [0, 0.1) is 5.41 Å². The molecule has 7 nitrogen and oxygen atoms in total. The standard InChI is InChI=1S/C20H36N4O3/c1-5-27-16-14-20(21,19(16,3)4)18(26)24-12-10-22(11-13-24)15(2)17(25)23-8-6-7-9-23/h15-16H,5-14,21H2,1-4H3. The Kier molecular flexibility index (Phi) is 5.85. The average molecular weight is 381 g/mol. The molecule has 0 aromatic heterocycles. The van der Waals surface area contributed by atoms with Crippen LogP contribution in [0.2, 0.25) is 0 Å². The molecular formula is C20H36N4O3. The van der Waals surface area contributed by atoms with Crippen LogP contribution in [0.1, 0.15) is 47.0 Å². The SMILES string of the molecule is CCOC1CC(N)(C(=O)N2CCN(C(C)C(=O)N3CCCC3)CC2)C1(C)C. The number of hydrogen-bond acceptors (Lipinski definition) is 5. The van der Waals surface area contributed by atoms with Gasteiger partial charge in [-0.25, -0.2) is 0 Å². The molecule has 2 saturated heterocycles. The predicted molar refractivity (Wildman–Crippen MR) is 104 cm³/mol. The van der Waals surface area contributed by atoms with E-state index < -0.39 is 5.54 Å². The van der Waals surface area contributed by atoms with Gasteiger partial charge in [0.15, 0.2) is 0 Å². The highest BCUT2D eigenvalue weighted by molar-refractivity contribution is 5.89. The zero-order valence-corrected chi connectivity index (χ0v) is 17.4. The van der Waals surface area contributed by atoms with Crippen LogP contribution in [-0.2, 0) is 14.3 Å². The summed E-state index contributed by atoms with van der Waals surface area (Å²) < 4.78 is 5.75. The first-order valence-electron chi connectivity index (χ1n) is 10.4. The Bertz CT molecular complexity index is 568. The first-order valence-corrected chi connectivity index (χ1v) is 10.4. The van der Waals surface area contributed by atoms with E-state index in [0.29, 0.717) is 26.1 Å². The molecule has 0 spiro atoms. The minimum absolute atomic E-state index is 0.0293. The number of carbonyl (C=O) groups is 2. The van der Waals surface area contributed by atoms with Crippen molar-refractivity contribution in [3.8, 4) is 0 Å². The fourth-order valence-corrected chi connectivity index (χ4v) is 4.75. The normalized spacial score (nSPS) is 32.3. The summed E-state index contributed by atoms with van der Waals surface area (Å²) in [6.45, 7) is 13.1. The Labute approximate surface area is 163 Å². The molecule has 0 aromatic rings. The molecule has 3 aliphatic rings. The lowest BCUT2D eigenvalue weighted by atomic mass is 9.54. The smallest absolute Gasteiger partial charge is 0.243 e. The number of ether oxygens (including phenoxy) is 1. The van der Waals surface area contributed by atoms with Crippen LogP contribution in [0.5, 0.6) is 0 Å². The van der Waals surface area contributed by atoms with Crippen LogP contribution in [0.4, 0.5) is 0 Å². The lowest BCUT2D eigenvalue weighted by Gasteiger charge is -2.59. The Morgan fingerprint density at radius 3 is 2.19 bits per heavy atom. The van der Waals surface area contributed by atoms with E-state index in [4.69, 9.17) is 10.5 Å². The van der Waals surface area contributed by atoms with Gasteiger partial charge in [0.2, 0.25) is 11.8 Å². The van der Waals surface area contributed by atoms with E-state index in [1.165, 1.54) is 0 Å². The van der Waals surface area contributed by atoms with Crippen LogP contribution < -0.4 is 5.73 Å². The lowest BCUT2D eigenvalue weighted by molar-refractivity contribution is -0.180. The monoisotopic (exact) mass is 380 g/mol. The van der Waals surface area contributed by atoms with Crippen molar-refractivity contribution >= 4 is 11.8 Å². The highest BCUT2D eigenvalue weighted by Gasteiger charge is 2.63. The van der Waals surface area contributed by atoms with Crippen molar-refractivity contribution in [1.29, 1.82) is 0 Å². The van der Waals surface area contributed by atoms with E-state index in [-0.39, 0.29) is 29.4 Å². The first kappa shape index (κ1) is 20.6. The van der Waals surface area contributed by atoms with Crippen LogP contribution in [-0.4, -0.2) is 90.1 Å². The zero-order valence-electron chi connectivity index (χ0n) is 17.4. The highest BCUT2D eigenvalue weighted by atomic mass is 16.5. The molecule has 0 bridgehead atoms. The average Bonchev–Trinajstić information content (AvgIpc) is 3.20. The second-order valence-corrected chi connectivity index (χ2v) is 8.88. The molecule has 1 aliphatic carbocycles. The third-order valence-corrected chi connectivity index (χ3v) is 7.14. The third-order valence-electron chi connectivity index (χ3n) is 7.14. The molecule has 1 saturated carbocycles. The molecule has 2 amide bonds. The molecule has 154 valence electrons. The number of nitrogens with two attached hydrogens (primary N) is 1. The predicted octanol–water partition coefficient (Wildman–Crippen LogP) is 0.674. The van der Waals surface area contributed by atoms with Gasteiger partial charge in [0.25, 0.3) is 0 Å². The Morgan fingerprint density at radius 2 is 1.67 bits per heavy atom. The van der Waals surface area contributed by atoms with E-state index in [2.05, 4.69) is 4.90 Å². The molecule has 3 fully saturated rings. The zero-order chi connectivity index (χ0) is 19.8.